The molecule has 7 nitrogen and oxygen atoms in total. The zero-order valence-corrected chi connectivity index (χ0v) is 21.7. The van der Waals surface area contributed by atoms with Crippen molar-refractivity contribution in [1.29, 1.82) is 0 Å². The number of pyridine rings is 1. The summed E-state index contributed by atoms with van der Waals surface area (Å²) >= 11 is 0. The highest BCUT2D eigenvalue weighted by atomic mass is 16.5. The van der Waals surface area contributed by atoms with Crippen molar-refractivity contribution in [3.8, 4) is 22.6 Å². The Balaban J connectivity index is 1.26. The van der Waals surface area contributed by atoms with E-state index in [1.54, 1.807) is 24.4 Å². The molecule has 7 heteroatoms. The highest BCUT2D eigenvalue weighted by molar-refractivity contribution is 5.92. The molecule has 39 heavy (non-hydrogen) atoms. The van der Waals surface area contributed by atoms with Gasteiger partial charge in [-0.2, -0.15) is 0 Å². The van der Waals surface area contributed by atoms with E-state index in [4.69, 9.17) is 14.6 Å². The van der Waals surface area contributed by atoms with Gasteiger partial charge in [0.1, 0.15) is 17.2 Å². The number of ether oxygens (including phenoxy) is 2. The van der Waals surface area contributed by atoms with Gasteiger partial charge in [-0.15, -0.1) is 0 Å². The van der Waals surface area contributed by atoms with Gasteiger partial charge in [0.15, 0.2) is 0 Å². The SMILES string of the molecule is O=C(O)CCc1ccc(OCCCCOc2cccc(-c3ccccc3)c2)cc1CNC(=O)c1ccccn1. The molecule has 1 amide bonds. The number of aliphatic carboxylic acids is 1. The van der Waals surface area contributed by atoms with E-state index in [9.17, 15) is 9.59 Å². The summed E-state index contributed by atoms with van der Waals surface area (Å²) < 4.78 is 11.9. The van der Waals surface area contributed by atoms with Crippen LogP contribution in [0.5, 0.6) is 11.5 Å². The number of carbonyl (C=O) groups is 2. The number of aryl methyl sites for hydroxylation is 1. The van der Waals surface area contributed by atoms with Crippen molar-refractivity contribution in [2.24, 2.45) is 0 Å². The Morgan fingerprint density at radius 1 is 0.744 bits per heavy atom. The number of unbranched alkanes of at least 4 members (excludes halogenated alkanes) is 1. The molecule has 3 aromatic carbocycles. The first kappa shape index (κ1) is 27.4. The van der Waals surface area contributed by atoms with Gasteiger partial charge in [-0.25, -0.2) is 0 Å². The third kappa shape index (κ3) is 8.71. The molecule has 0 atom stereocenters. The van der Waals surface area contributed by atoms with Gasteiger partial charge in [0.25, 0.3) is 5.91 Å². The summed E-state index contributed by atoms with van der Waals surface area (Å²) in [6, 6.07) is 29.0. The van der Waals surface area contributed by atoms with Crippen LogP contribution in [0.3, 0.4) is 0 Å². The average Bonchev–Trinajstić information content (AvgIpc) is 2.98. The van der Waals surface area contributed by atoms with Crippen molar-refractivity contribution in [3.05, 3.63) is 114 Å². The van der Waals surface area contributed by atoms with Gasteiger partial charge in [0.05, 0.1) is 13.2 Å². The number of rotatable bonds is 14. The molecule has 0 radical (unpaired) electrons. The highest BCUT2D eigenvalue weighted by Gasteiger charge is 2.11. The van der Waals surface area contributed by atoms with Gasteiger partial charge in [-0.1, -0.05) is 54.6 Å². The summed E-state index contributed by atoms with van der Waals surface area (Å²) in [6.07, 6.45) is 3.58. The number of carboxylic acids is 1. The minimum atomic E-state index is -0.868. The number of aromatic nitrogens is 1. The number of nitrogens with zero attached hydrogens (tertiary/aromatic N) is 1. The number of benzene rings is 3. The Labute approximate surface area is 228 Å². The fourth-order valence-electron chi connectivity index (χ4n) is 4.09. The average molecular weight is 525 g/mol. The van der Waals surface area contributed by atoms with Crippen molar-refractivity contribution < 1.29 is 24.2 Å². The molecular weight excluding hydrogens is 492 g/mol. The number of nitrogens with one attached hydrogen (secondary N) is 1. The van der Waals surface area contributed by atoms with Crippen LogP contribution < -0.4 is 14.8 Å². The molecular formula is C32H32N2O5. The Morgan fingerprint density at radius 3 is 2.18 bits per heavy atom. The lowest BCUT2D eigenvalue weighted by Crippen LogP contribution is -2.24. The van der Waals surface area contributed by atoms with Gasteiger partial charge in [0.2, 0.25) is 0 Å². The van der Waals surface area contributed by atoms with Crippen LogP contribution in [-0.2, 0) is 17.8 Å². The topological polar surface area (TPSA) is 97.8 Å². The molecule has 0 saturated heterocycles. The van der Waals surface area contributed by atoms with Crippen molar-refractivity contribution in [1.82, 2.24) is 10.3 Å². The van der Waals surface area contributed by atoms with Crippen LogP contribution in [0.1, 0.15) is 40.9 Å². The molecule has 2 N–H and O–H groups in total. The number of amides is 1. The van der Waals surface area contributed by atoms with Crippen LogP contribution >= 0.6 is 0 Å². The maximum absolute atomic E-state index is 12.4. The first-order chi connectivity index (χ1) is 19.1. The number of carbonyl (C=O) groups excluding carboxylic acids is 1. The monoisotopic (exact) mass is 524 g/mol. The quantitative estimate of drug-likeness (QED) is 0.198. The van der Waals surface area contributed by atoms with Gasteiger partial charge in [-0.05, 0) is 77.9 Å². The molecule has 0 spiro atoms. The second-order valence-electron chi connectivity index (χ2n) is 9.02. The number of hydrogen-bond donors (Lipinski definition) is 2. The lowest BCUT2D eigenvalue weighted by Gasteiger charge is -2.14. The largest absolute Gasteiger partial charge is 0.494 e. The van der Waals surface area contributed by atoms with E-state index in [-0.39, 0.29) is 18.9 Å². The van der Waals surface area contributed by atoms with E-state index in [1.807, 2.05) is 54.6 Å². The van der Waals surface area contributed by atoms with Crippen LogP contribution in [0.2, 0.25) is 0 Å². The molecule has 0 fully saturated rings. The summed E-state index contributed by atoms with van der Waals surface area (Å²) in [5.74, 6) is 0.354. The Kier molecular flexibility index (Phi) is 10.1. The second-order valence-corrected chi connectivity index (χ2v) is 9.02. The normalized spacial score (nSPS) is 10.6. The lowest BCUT2D eigenvalue weighted by atomic mass is 10.0. The molecule has 0 unspecified atom stereocenters. The van der Waals surface area contributed by atoms with Gasteiger partial charge in [0, 0.05) is 19.2 Å². The predicted octanol–water partition coefficient (Wildman–Crippen LogP) is 5.93. The van der Waals surface area contributed by atoms with Crippen molar-refractivity contribution >= 4 is 11.9 Å². The van der Waals surface area contributed by atoms with Crippen molar-refractivity contribution in [2.75, 3.05) is 13.2 Å². The fourth-order valence-corrected chi connectivity index (χ4v) is 4.09. The number of carboxylic acid groups (broad SMARTS) is 1. The summed E-state index contributed by atoms with van der Waals surface area (Å²) in [7, 11) is 0. The molecule has 1 aromatic heterocycles. The molecule has 0 aliphatic carbocycles. The van der Waals surface area contributed by atoms with Crippen LogP contribution in [0, 0.1) is 0 Å². The summed E-state index contributed by atoms with van der Waals surface area (Å²) in [5, 5.41) is 12.0. The number of hydrogen-bond acceptors (Lipinski definition) is 5. The molecule has 0 bridgehead atoms. The first-order valence-corrected chi connectivity index (χ1v) is 13.0. The zero-order chi connectivity index (χ0) is 27.3. The maximum atomic E-state index is 12.4. The standard InChI is InChI=1S/C32H32N2O5/c35-31(36)17-15-25-14-16-29(22-27(25)23-34-32(37)30-13-4-5-18-33-30)39-20-7-6-19-38-28-12-8-11-26(21-28)24-9-2-1-3-10-24/h1-5,8-14,16,18,21-22H,6-7,15,17,19-20,23H2,(H,34,37)(H,35,36). The third-order valence-electron chi connectivity index (χ3n) is 6.14. The Bertz CT molecular complexity index is 1360. The first-order valence-electron chi connectivity index (χ1n) is 13.0. The van der Waals surface area contributed by atoms with Crippen LogP contribution in [0.25, 0.3) is 11.1 Å². The molecule has 4 rings (SSSR count). The van der Waals surface area contributed by atoms with Gasteiger partial charge >= 0.3 is 5.97 Å². The van der Waals surface area contributed by atoms with E-state index in [2.05, 4.69) is 28.5 Å². The van der Waals surface area contributed by atoms with E-state index in [1.165, 1.54) is 0 Å². The third-order valence-corrected chi connectivity index (χ3v) is 6.14. The predicted molar refractivity (Wildman–Crippen MR) is 150 cm³/mol. The van der Waals surface area contributed by atoms with E-state index >= 15 is 0 Å². The summed E-state index contributed by atoms with van der Waals surface area (Å²) in [4.78, 5) is 27.6. The minimum Gasteiger partial charge on any atom is -0.494 e. The molecule has 0 aliphatic heterocycles. The molecule has 1 heterocycles. The Morgan fingerprint density at radius 2 is 1.46 bits per heavy atom. The summed E-state index contributed by atoms with van der Waals surface area (Å²) in [5.41, 5.74) is 4.28. The zero-order valence-electron chi connectivity index (χ0n) is 21.7. The van der Waals surface area contributed by atoms with Crippen LogP contribution in [-0.4, -0.2) is 35.2 Å². The van der Waals surface area contributed by atoms with Crippen LogP contribution in [0.15, 0.2) is 97.2 Å². The van der Waals surface area contributed by atoms with Crippen molar-refractivity contribution in [3.63, 3.8) is 0 Å². The second kappa shape index (κ2) is 14.3. The fraction of sp³-hybridized carbons (Fsp3) is 0.219. The van der Waals surface area contributed by atoms with E-state index in [0.717, 1.165) is 40.8 Å². The maximum Gasteiger partial charge on any atom is 0.303 e. The lowest BCUT2D eigenvalue weighted by molar-refractivity contribution is -0.136. The van der Waals surface area contributed by atoms with Crippen LogP contribution in [0.4, 0.5) is 0 Å². The van der Waals surface area contributed by atoms with Crippen molar-refractivity contribution in [2.45, 2.75) is 32.2 Å². The molecule has 0 saturated carbocycles. The van der Waals surface area contributed by atoms with E-state index in [0.29, 0.717) is 31.1 Å². The molecule has 4 aromatic rings. The minimum absolute atomic E-state index is 0.00957. The van der Waals surface area contributed by atoms with Gasteiger partial charge in [-0.3, -0.25) is 14.6 Å². The highest BCUT2D eigenvalue weighted by Crippen LogP contribution is 2.24. The Hall–Kier alpha value is -4.65. The van der Waals surface area contributed by atoms with E-state index < -0.39 is 5.97 Å². The molecule has 0 aliphatic rings. The van der Waals surface area contributed by atoms with Gasteiger partial charge < -0.3 is 19.9 Å². The smallest absolute Gasteiger partial charge is 0.303 e. The summed E-state index contributed by atoms with van der Waals surface area (Å²) in [6.45, 7) is 1.35. The molecule has 200 valence electrons.